The molecule has 0 aliphatic carbocycles. The van der Waals surface area contributed by atoms with Crippen LogP contribution in [-0.4, -0.2) is 90.9 Å². The second-order valence-electron chi connectivity index (χ2n) is 10.9. The Kier molecular flexibility index (Phi) is 4.71. The molecule has 9 heteroatoms. The number of rotatable bonds is 6. The minimum absolute atomic E-state index is 0.363. The van der Waals surface area contributed by atoms with E-state index >= 15 is 0 Å². The topological polar surface area (TPSA) is 72.9 Å². The van der Waals surface area contributed by atoms with E-state index in [9.17, 15) is 0 Å². The molecule has 1 N–H and O–H groups in total. The van der Waals surface area contributed by atoms with Crippen LogP contribution in [0.2, 0.25) is 0 Å². The van der Waals surface area contributed by atoms with Crippen molar-refractivity contribution in [1.82, 2.24) is 24.9 Å². The van der Waals surface area contributed by atoms with Crippen molar-refractivity contribution in [3.8, 4) is 0 Å². The Labute approximate surface area is 205 Å². The highest BCUT2D eigenvalue weighted by Gasteiger charge is 2.53. The predicted molar refractivity (Wildman–Crippen MR) is 137 cm³/mol. The predicted octanol–water partition coefficient (Wildman–Crippen LogP) is 2.59. The van der Waals surface area contributed by atoms with Gasteiger partial charge in [-0.2, -0.15) is 5.06 Å². The first kappa shape index (κ1) is 21.3. The van der Waals surface area contributed by atoms with Gasteiger partial charge in [-0.25, -0.2) is 15.0 Å². The molecule has 0 unspecified atom stereocenters. The number of anilines is 4. The highest BCUT2D eigenvalue weighted by molar-refractivity contribution is 5.91. The maximum atomic E-state index is 5.33. The largest absolute Gasteiger partial charge is 0.369 e. The van der Waals surface area contributed by atoms with E-state index in [2.05, 4.69) is 61.2 Å². The van der Waals surface area contributed by atoms with Gasteiger partial charge in [0, 0.05) is 74.8 Å². The lowest BCUT2D eigenvalue weighted by Crippen LogP contribution is -2.72. The van der Waals surface area contributed by atoms with Gasteiger partial charge < -0.3 is 24.9 Å². The van der Waals surface area contributed by atoms with Crippen LogP contribution in [0.4, 0.5) is 23.1 Å². The summed E-state index contributed by atoms with van der Waals surface area (Å²) in [5, 5.41) is 6.38. The van der Waals surface area contributed by atoms with Gasteiger partial charge >= 0.3 is 0 Å². The molecule has 3 aromatic rings. The number of fused-ring (bicyclic) bond motifs is 1. The van der Waals surface area contributed by atoms with Gasteiger partial charge in [0.1, 0.15) is 5.82 Å². The molecule has 1 aromatic carbocycles. The van der Waals surface area contributed by atoms with Crippen LogP contribution >= 0.6 is 0 Å². The van der Waals surface area contributed by atoms with Gasteiger partial charge in [-0.1, -0.05) is 19.1 Å². The summed E-state index contributed by atoms with van der Waals surface area (Å²) in [7, 11) is 1.75. The summed E-state index contributed by atoms with van der Waals surface area (Å²) in [6.07, 6.45) is 3.85. The fourth-order valence-corrected chi connectivity index (χ4v) is 6.35. The number of hydrogen-bond acceptors (Lipinski definition) is 9. The molecule has 4 saturated heterocycles. The van der Waals surface area contributed by atoms with Gasteiger partial charge in [-0.15, -0.1) is 0 Å². The smallest absolute Gasteiger partial charge is 0.228 e. The zero-order valence-electron chi connectivity index (χ0n) is 20.4. The number of likely N-dealkylation sites (tertiary alicyclic amines) is 1. The molecule has 2 aromatic heterocycles. The van der Waals surface area contributed by atoms with Crippen LogP contribution in [-0.2, 0) is 4.84 Å². The Hall–Kier alpha value is -3.01. The molecule has 7 rings (SSSR count). The quantitative estimate of drug-likeness (QED) is 0.583. The number of benzene rings is 1. The fourth-order valence-electron chi connectivity index (χ4n) is 6.35. The first-order valence-corrected chi connectivity index (χ1v) is 12.6. The highest BCUT2D eigenvalue weighted by atomic mass is 16.7. The van der Waals surface area contributed by atoms with E-state index in [1.165, 1.54) is 24.5 Å². The van der Waals surface area contributed by atoms with Crippen molar-refractivity contribution in [1.29, 1.82) is 0 Å². The average Bonchev–Trinajstić information content (AvgIpc) is 2.77. The van der Waals surface area contributed by atoms with Gasteiger partial charge in [-0.05, 0) is 24.7 Å². The van der Waals surface area contributed by atoms with Crippen molar-refractivity contribution in [2.45, 2.75) is 6.92 Å². The number of hydrogen-bond donors (Lipinski definition) is 1. The van der Waals surface area contributed by atoms with E-state index in [4.69, 9.17) is 9.82 Å². The van der Waals surface area contributed by atoms with E-state index in [1.54, 1.807) is 7.11 Å². The van der Waals surface area contributed by atoms with Crippen molar-refractivity contribution >= 4 is 34.0 Å². The van der Waals surface area contributed by atoms with Gasteiger partial charge in [0.2, 0.25) is 5.95 Å². The Morgan fingerprint density at radius 2 is 1.66 bits per heavy atom. The Morgan fingerprint density at radius 1 is 0.886 bits per heavy atom. The second kappa shape index (κ2) is 7.74. The molecule has 0 amide bonds. The molecule has 35 heavy (non-hydrogen) atoms. The summed E-state index contributed by atoms with van der Waals surface area (Å²) < 4.78 is 0. The van der Waals surface area contributed by atoms with Crippen LogP contribution in [0.5, 0.6) is 0 Å². The molecule has 0 atom stereocenters. The van der Waals surface area contributed by atoms with Crippen molar-refractivity contribution < 1.29 is 4.84 Å². The number of para-hydroxylation sites is 1. The molecule has 4 aliphatic rings. The van der Waals surface area contributed by atoms with Crippen molar-refractivity contribution in [2.75, 3.05) is 81.1 Å². The summed E-state index contributed by atoms with van der Waals surface area (Å²) >= 11 is 0. The lowest BCUT2D eigenvalue weighted by atomic mass is 9.72. The molecular weight excluding hydrogens is 440 g/mol. The molecule has 4 fully saturated rings. The van der Waals surface area contributed by atoms with Crippen molar-refractivity contribution in [3.05, 3.63) is 42.7 Å². The van der Waals surface area contributed by atoms with Crippen molar-refractivity contribution in [3.63, 3.8) is 0 Å². The van der Waals surface area contributed by atoms with Crippen LogP contribution in [0.3, 0.4) is 0 Å². The summed E-state index contributed by atoms with van der Waals surface area (Å²) in [6.45, 7) is 12.2. The molecule has 0 bridgehead atoms. The van der Waals surface area contributed by atoms with E-state index in [-0.39, 0.29) is 0 Å². The fraction of sp³-hybridized carbons (Fsp3) is 0.500. The van der Waals surface area contributed by atoms with Crippen LogP contribution in [0.1, 0.15) is 6.92 Å². The maximum Gasteiger partial charge on any atom is 0.228 e. The SMILES string of the molecule is CCN1CC2(C1)CN(c1ccc(Nc3ncc4cccc(N5CC6(CN(OC)C6)C5)c4n3)nc1)C2. The summed E-state index contributed by atoms with van der Waals surface area (Å²) in [6, 6.07) is 10.5. The van der Waals surface area contributed by atoms with E-state index in [0.29, 0.717) is 16.8 Å². The molecule has 0 saturated carbocycles. The molecule has 4 aliphatic heterocycles. The molecule has 182 valence electrons. The molecular formula is C26H32N8O. The third-order valence-electron chi connectivity index (χ3n) is 8.24. The van der Waals surface area contributed by atoms with Crippen LogP contribution in [0.15, 0.2) is 42.7 Å². The first-order valence-electron chi connectivity index (χ1n) is 12.6. The number of pyridine rings is 1. The minimum Gasteiger partial charge on any atom is -0.369 e. The molecule has 2 spiro atoms. The van der Waals surface area contributed by atoms with Crippen molar-refractivity contribution in [2.24, 2.45) is 10.8 Å². The minimum atomic E-state index is 0.363. The van der Waals surface area contributed by atoms with Gasteiger partial charge in [0.25, 0.3) is 0 Å². The molecule has 9 nitrogen and oxygen atoms in total. The average molecular weight is 473 g/mol. The zero-order valence-corrected chi connectivity index (χ0v) is 20.4. The molecule has 6 heterocycles. The number of nitrogens with one attached hydrogen (secondary N) is 1. The Balaban J connectivity index is 1.03. The summed E-state index contributed by atoms with van der Waals surface area (Å²) in [5.74, 6) is 1.34. The van der Waals surface area contributed by atoms with E-state index in [0.717, 1.165) is 62.5 Å². The summed E-state index contributed by atoms with van der Waals surface area (Å²) in [5.41, 5.74) is 4.21. The zero-order chi connectivity index (χ0) is 23.6. The van der Waals surface area contributed by atoms with Gasteiger partial charge in [0.15, 0.2) is 0 Å². The lowest BCUT2D eigenvalue weighted by molar-refractivity contribution is -0.237. The maximum absolute atomic E-state index is 5.33. The number of hydroxylamine groups is 2. The van der Waals surface area contributed by atoms with Gasteiger partial charge in [-0.3, -0.25) is 0 Å². The standard InChI is InChI=1S/C26H32N8O/c1-3-31-11-25(12-31)13-32(14-25)20-7-8-22(27-10-20)29-24-28-9-19-5-4-6-21(23(19)30-24)33-15-26(16-33)17-34(18-26)35-2/h4-10H,3,11-18H2,1-2H3,(H,27,28,29,30). The van der Waals surface area contributed by atoms with E-state index < -0.39 is 0 Å². The number of aromatic nitrogens is 3. The third-order valence-corrected chi connectivity index (χ3v) is 8.24. The van der Waals surface area contributed by atoms with Crippen LogP contribution in [0, 0.1) is 10.8 Å². The third kappa shape index (κ3) is 3.52. The first-order chi connectivity index (χ1) is 17.1. The van der Waals surface area contributed by atoms with Gasteiger partial charge in [0.05, 0.1) is 30.2 Å². The monoisotopic (exact) mass is 472 g/mol. The van der Waals surface area contributed by atoms with Crippen LogP contribution in [0.25, 0.3) is 10.9 Å². The second-order valence-corrected chi connectivity index (χ2v) is 10.9. The molecule has 0 radical (unpaired) electrons. The highest BCUT2D eigenvalue weighted by Crippen LogP contribution is 2.44. The Morgan fingerprint density at radius 3 is 2.37 bits per heavy atom. The number of nitrogens with zero attached hydrogens (tertiary/aromatic N) is 7. The normalized spacial score (nSPS) is 22.6. The summed E-state index contributed by atoms with van der Waals surface area (Å²) in [4.78, 5) is 26.8. The van der Waals surface area contributed by atoms with E-state index in [1.807, 2.05) is 23.5 Å². The van der Waals surface area contributed by atoms with Crippen LogP contribution < -0.4 is 15.1 Å². The Bertz CT molecular complexity index is 1240. The lowest BCUT2D eigenvalue weighted by Gasteiger charge is -2.61.